The van der Waals surface area contributed by atoms with Crippen LogP contribution in [0, 0.1) is 6.92 Å². The van der Waals surface area contributed by atoms with Crippen LogP contribution in [0.5, 0.6) is 5.75 Å². The highest BCUT2D eigenvalue weighted by molar-refractivity contribution is 5.94. The number of aryl methyl sites for hydroxylation is 1. The highest BCUT2D eigenvalue weighted by Crippen LogP contribution is 2.15. The van der Waals surface area contributed by atoms with Gasteiger partial charge in [-0.25, -0.2) is 5.43 Å². The van der Waals surface area contributed by atoms with Gasteiger partial charge in [-0.05, 0) is 31.2 Å². The van der Waals surface area contributed by atoms with Gasteiger partial charge in [0, 0.05) is 17.5 Å². The molecule has 1 aromatic heterocycles. The highest BCUT2D eigenvalue weighted by Gasteiger charge is 2.04. The van der Waals surface area contributed by atoms with E-state index in [-0.39, 0.29) is 0 Å². The molecule has 1 amide bonds. The van der Waals surface area contributed by atoms with E-state index < -0.39 is 18.5 Å². The Bertz CT molecular complexity index is 726. The average molecular weight is 312 g/mol. The van der Waals surface area contributed by atoms with Gasteiger partial charge in [-0.15, -0.1) is 0 Å². The van der Waals surface area contributed by atoms with E-state index in [1.165, 1.54) is 12.4 Å². The van der Waals surface area contributed by atoms with Crippen molar-refractivity contribution in [2.45, 2.75) is 6.92 Å². The number of ether oxygens (including phenoxy) is 1. The first-order chi connectivity index (χ1) is 11.1. The first-order valence-corrected chi connectivity index (χ1v) is 6.74. The fraction of sp³-hybridized carbons (Fsp3) is 0.125. The third-order valence-corrected chi connectivity index (χ3v) is 2.81. The molecule has 23 heavy (non-hydrogen) atoms. The molecule has 0 bridgehead atoms. The Morgan fingerprint density at radius 3 is 2.78 bits per heavy atom. The summed E-state index contributed by atoms with van der Waals surface area (Å²) in [4.78, 5) is 26.3. The number of benzene rings is 1. The van der Waals surface area contributed by atoms with Crippen molar-refractivity contribution in [3.05, 3.63) is 59.4 Å². The SMILES string of the molecule is Cc1ccc(C(=O)N/N=C\c2ccccc2OCC(=O)[O-])cn1. The maximum Gasteiger partial charge on any atom is 0.272 e. The molecular weight excluding hydrogens is 298 g/mol. The summed E-state index contributed by atoms with van der Waals surface area (Å²) in [6.45, 7) is 1.26. The summed E-state index contributed by atoms with van der Waals surface area (Å²) < 4.78 is 5.08. The van der Waals surface area contributed by atoms with E-state index in [1.54, 1.807) is 36.4 Å². The van der Waals surface area contributed by atoms with E-state index >= 15 is 0 Å². The smallest absolute Gasteiger partial charge is 0.272 e. The molecule has 0 aliphatic rings. The molecule has 0 saturated heterocycles. The van der Waals surface area contributed by atoms with Gasteiger partial charge < -0.3 is 14.6 Å². The van der Waals surface area contributed by atoms with Crippen molar-refractivity contribution >= 4 is 18.1 Å². The Morgan fingerprint density at radius 1 is 1.30 bits per heavy atom. The maximum atomic E-state index is 11.9. The molecule has 0 unspecified atom stereocenters. The molecule has 0 aliphatic carbocycles. The molecule has 1 N–H and O–H groups in total. The molecule has 7 heteroatoms. The van der Waals surface area contributed by atoms with Crippen molar-refractivity contribution in [1.29, 1.82) is 0 Å². The van der Waals surface area contributed by atoms with Gasteiger partial charge in [-0.2, -0.15) is 5.10 Å². The third-order valence-electron chi connectivity index (χ3n) is 2.81. The van der Waals surface area contributed by atoms with Gasteiger partial charge in [-0.1, -0.05) is 12.1 Å². The van der Waals surface area contributed by atoms with Gasteiger partial charge in [0.1, 0.15) is 12.4 Å². The predicted molar refractivity (Wildman–Crippen MR) is 81.0 cm³/mol. The second-order valence-electron chi connectivity index (χ2n) is 4.59. The van der Waals surface area contributed by atoms with Crippen LogP contribution in [0.25, 0.3) is 0 Å². The second-order valence-corrected chi connectivity index (χ2v) is 4.59. The molecule has 0 atom stereocenters. The van der Waals surface area contributed by atoms with E-state index in [0.29, 0.717) is 16.9 Å². The van der Waals surface area contributed by atoms with Crippen LogP contribution in [0.3, 0.4) is 0 Å². The second kappa shape index (κ2) is 7.69. The molecule has 118 valence electrons. The average Bonchev–Trinajstić information content (AvgIpc) is 2.54. The fourth-order valence-electron chi connectivity index (χ4n) is 1.68. The lowest BCUT2D eigenvalue weighted by Crippen LogP contribution is -2.29. The number of hydrogen-bond donors (Lipinski definition) is 1. The van der Waals surface area contributed by atoms with Crippen LogP contribution in [-0.4, -0.2) is 29.7 Å². The summed E-state index contributed by atoms with van der Waals surface area (Å²) in [6, 6.07) is 10.1. The number of hydrogen-bond acceptors (Lipinski definition) is 6. The summed E-state index contributed by atoms with van der Waals surface area (Å²) in [7, 11) is 0. The van der Waals surface area contributed by atoms with Crippen LogP contribution in [-0.2, 0) is 4.79 Å². The molecule has 1 heterocycles. The normalized spacial score (nSPS) is 10.5. The molecule has 0 radical (unpaired) electrons. The van der Waals surface area contributed by atoms with Crippen LogP contribution in [0.15, 0.2) is 47.7 Å². The number of nitrogens with one attached hydrogen (secondary N) is 1. The number of carboxylic acids is 1. The largest absolute Gasteiger partial charge is 0.546 e. The number of nitrogens with zero attached hydrogens (tertiary/aromatic N) is 2. The van der Waals surface area contributed by atoms with Gasteiger partial charge in [0.2, 0.25) is 0 Å². The lowest BCUT2D eigenvalue weighted by Gasteiger charge is -2.09. The Morgan fingerprint density at radius 2 is 2.09 bits per heavy atom. The number of pyridine rings is 1. The zero-order valence-electron chi connectivity index (χ0n) is 12.4. The van der Waals surface area contributed by atoms with Gasteiger partial charge in [0.25, 0.3) is 5.91 Å². The van der Waals surface area contributed by atoms with Crippen molar-refractivity contribution < 1.29 is 19.4 Å². The summed E-state index contributed by atoms with van der Waals surface area (Å²) in [5.74, 6) is -1.40. The number of para-hydroxylation sites is 1. The van der Waals surface area contributed by atoms with Gasteiger partial charge >= 0.3 is 0 Å². The van der Waals surface area contributed by atoms with Crippen molar-refractivity contribution in [2.75, 3.05) is 6.61 Å². The fourth-order valence-corrected chi connectivity index (χ4v) is 1.68. The number of aromatic nitrogens is 1. The minimum Gasteiger partial charge on any atom is -0.546 e. The van der Waals surface area contributed by atoms with Crippen molar-refractivity contribution in [3.63, 3.8) is 0 Å². The van der Waals surface area contributed by atoms with E-state index in [2.05, 4.69) is 15.5 Å². The third kappa shape index (κ3) is 4.92. The lowest BCUT2D eigenvalue weighted by atomic mass is 10.2. The number of amides is 1. The van der Waals surface area contributed by atoms with E-state index in [4.69, 9.17) is 4.74 Å². The predicted octanol–water partition coefficient (Wildman–Crippen LogP) is 0.283. The van der Waals surface area contributed by atoms with Gasteiger partial charge in [0.15, 0.2) is 0 Å². The van der Waals surface area contributed by atoms with E-state index in [9.17, 15) is 14.7 Å². The highest BCUT2D eigenvalue weighted by atomic mass is 16.5. The Kier molecular flexibility index (Phi) is 5.40. The quantitative estimate of drug-likeness (QED) is 0.609. The number of rotatable bonds is 6. The molecular formula is C16H14N3O4-. The number of carboxylic acid groups (broad SMARTS) is 1. The zero-order valence-corrected chi connectivity index (χ0v) is 12.4. The lowest BCUT2D eigenvalue weighted by molar-refractivity contribution is -0.307. The number of carbonyl (C=O) groups is 2. The first-order valence-electron chi connectivity index (χ1n) is 6.74. The van der Waals surface area contributed by atoms with E-state index in [1.807, 2.05) is 6.92 Å². The van der Waals surface area contributed by atoms with Crippen LogP contribution in [0.2, 0.25) is 0 Å². The summed E-state index contributed by atoms with van der Waals surface area (Å²) >= 11 is 0. The molecule has 0 spiro atoms. The summed E-state index contributed by atoms with van der Waals surface area (Å²) in [5, 5.41) is 14.3. The topological polar surface area (TPSA) is 104 Å². The van der Waals surface area contributed by atoms with Crippen molar-refractivity contribution in [3.8, 4) is 5.75 Å². The molecule has 2 aromatic rings. The molecule has 0 saturated carbocycles. The number of hydrazone groups is 1. The minimum atomic E-state index is -1.32. The summed E-state index contributed by atoms with van der Waals surface area (Å²) in [6.07, 6.45) is 2.82. The Hall–Kier alpha value is -3.22. The monoisotopic (exact) mass is 312 g/mol. The molecule has 2 rings (SSSR count). The van der Waals surface area contributed by atoms with Crippen LogP contribution in [0.1, 0.15) is 21.6 Å². The maximum absolute atomic E-state index is 11.9. The van der Waals surface area contributed by atoms with Crippen molar-refractivity contribution in [2.24, 2.45) is 5.10 Å². The minimum absolute atomic E-state index is 0.326. The molecule has 1 aromatic carbocycles. The molecule has 0 aliphatic heterocycles. The Balaban J connectivity index is 2.01. The van der Waals surface area contributed by atoms with Crippen LogP contribution in [0.4, 0.5) is 0 Å². The first kappa shape index (κ1) is 16.2. The Labute approximate surface area is 132 Å². The van der Waals surface area contributed by atoms with Crippen LogP contribution >= 0.6 is 0 Å². The van der Waals surface area contributed by atoms with Gasteiger partial charge in [-0.3, -0.25) is 9.78 Å². The molecule has 0 fully saturated rings. The zero-order chi connectivity index (χ0) is 16.7. The number of aliphatic carboxylic acids is 1. The van der Waals surface area contributed by atoms with Crippen molar-refractivity contribution in [1.82, 2.24) is 10.4 Å². The van der Waals surface area contributed by atoms with Gasteiger partial charge in [0.05, 0.1) is 17.7 Å². The standard InChI is InChI=1S/C16H15N3O4/c1-11-6-7-13(8-17-11)16(22)19-18-9-12-4-2-3-5-14(12)23-10-15(20)21/h2-9H,10H2,1H3,(H,19,22)(H,20,21)/p-1/b18-9-. The van der Waals surface area contributed by atoms with E-state index in [0.717, 1.165) is 5.69 Å². The molecule has 7 nitrogen and oxygen atoms in total. The number of carbonyl (C=O) groups excluding carboxylic acids is 2. The summed E-state index contributed by atoms with van der Waals surface area (Å²) in [5.41, 5.74) is 4.08. The van der Waals surface area contributed by atoms with Crippen LogP contribution < -0.4 is 15.3 Å².